The summed E-state index contributed by atoms with van der Waals surface area (Å²) in [5.41, 5.74) is 2.38. The summed E-state index contributed by atoms with van der Waals surface area (Å²) in [5.74, 6) is -0.632. The minimum absolute atomic E-state index is 0.275. The predicted octanol–water partition coefficient (Wildman–Crippen LogP) is 3.18. The van der Waals surface area contributed by atoms with Crippen molar-refractivity contribution in [3.05, 3.63) is 45.4 Å². The monoisotopic (exact) mass is 311 g/mol. The summed E-state index contributed by atoms with van der Waals surface area (Å²) in [5, 5.41) is 9.20. The molecule has 0 aliphatic rings. The molecular weight excluding hydrogens is 301 g/mol. The lowest BCUT2D eigenvalue weighted by atomic mass is 10.2. The van der Waals surface area contributed by atoms with E-state index >= 15 is 0 Å². The summed E-state index contributed by atoms with van der Waals surface area (Å²) in [6.07, 6.45) is 1.46. The summed E-state index contributed by atoms with van der Waals surface area (Å²) in [6, 6.07) is 2.90. The summed E-state index contributed by atoms with van der Waals surface area (Å²) < 4.78 is 13.6. The number of benzene rings is 1. The molecule has 2 N–H and O–H groups in total. The number of aryl methyl sites for hydroxylation is 2. The smallest absolute Gasteiger partial charge is 0.259 e. The van der Waals surface area contributed by atoms with E-state index in [0.717, 1.165) is 0 Å². The van der Waals surface area contributed by atoms with Crippen LogP contribution in [0.4, 0.5) is 10.1 Å². The Bertz CT molecular complexity index is 609. The molecule has 1 amide bonds. The Morgan fingerprint density at radius 2 is 2.17 bits per heavy atom. The highest BCUT2D eigenvalue weighted by molar-refractivity contribution is 9.10. The van der Waals surface area contributed by atoms with E-state index < -0.39 is 0 Å². The highest BCUT2D eigenvalue weighted by Gasteiger charge is 2.13. The molecule has 18 heavy (non-hydrogen) atoms. The fraction of sp³-hybridized carbons (Fsp3) is 0.167. The number of halogens is 2. The van der Waals surface area contributed by atoms with Crippen LogP contribution in [-0.2, 0) is 0 Å². The quantitative estimate of drug-likeness (QED) is 0.895. The van der Waals surface area contributed by atoms with E-state index in [4.69, 9.17) is 0 Å². The van der Waals surface area contributed by atoms with E-state index in [9.17, 15) is 9.18 Å². The maximum atomic E-state index is 13.3. The van der Waals surface area contributed by atoms with Crippen LogP contribution in [0.2, 0.25) is 0 Å². The first-order valence-corrected chi connectivity index (χ1v) is 6.05. The second-order valence-electron chi connectivity index (χ2n) is 3.94. The number of rotatable bonds is 2. The van der Waals surface area contributed by atoms with Gasteiger partial charge in [0.05, 0.1) is 16.2 Å². The molecule has 0 aliphatic carbocycles. The highest BCUT2D eigenvalue weighted by atomic mass is 79.9. The number of amides is 1. The van der Waals surface area contributed by atoms with Crippen molar-refractivity contribution >= 4 is 27.5 Å². The van der Waals surface area contributed by atoms with Crippen LogP contribution in [0.15, 0.2) is 22.8 Å². The van der Waals surface area contributed by atoms with Gasteiger partial charge in [0.15, 0.2) is 0 Å². The molecule has 2 rings (SSSR count). The van der Waals surface area contributed by atoms with Gasteiger partial charge in [-0.05, 0) is 47.5 Å². The largest absolute Gasteiger partial charge is 0.322 e. The minimum atomic E-state index is -0.356. The Morgan fingerprint density at radius 1 is 1.44 bits per heavy atom. The molecule has 1 aromatic carbocycles. The molecule has 0 saturated carbocycles. The molecule has 0 radical (unpaired) electrons. The van der Waals surface area contributed by atoms with Crippen LogP contribution in [0.3, 0.4) is 0 Å². The predicted molar refractivity (Wildman–Crippen MR) is 70.1 cm³/mol. The van der Waals surface area contributed by atoms with Gasteiger partial charge in [0.1, 0.15) is 5.82 Å². The lowest BCUT2D eigenvalue weighted by Gasteiger charge is -2.09. The molecule has 6 heteroatoms. The van der Waals surface area contributed by atoms with E-state index in [1.807, 2.05) is 0 Å². The van der Waals surface area contributed by atoms with Crippen LogP contribution in [0.5, 0.6) is 0 Å². The number of nitrogens with one attached hydrogen (secondary N) is 2. The maximum absolute atomic E-state index is 13.3. The molecule has 0 fully saturated rings. The molecule has 0 bridgehead atoms. The van der Waals surface area contributed by atoms with Crippen LogP contribution >= 0.6 is 15.9 Å². The fourth-order valence-electron chi connectivity index (χ4n) is 1.55. The molecule has 1 heterocycles. The van der Waals surface area contributed by atoms with Crippen molar-refractivity contribution in [1.29, 1.82) is 0 Å². The lowest BCUT2D eigenvalue weighted by molar-refractivity contribution is 0.102. The zero-order valence-corrected chi connectivity index (χ0v) is 11.4. The van der Waals surface area contributed by atoms with Crippen molar-refractivity contribution in [3.63, 3.8) is 0 Å². The van der Waals surface area contributed by atoms with Crippen LogP contribution < -0.4 is 5.32 Å². The third-order valence-corrected chi connectivity index (χ3v) is 3.20. The molecule has 94 valence electrons. The molecule has 0 saturated heterocycles. The molecule has 0 aliphatic heterocycles. The van der Waals surface area contributed by atoms with Crippen molar-refractivity contribution < 1.29 is 9.18 Å². The second-order valence-corrected chi connectivity index (χ2v) is 4.80. The summed E-state index contributed by atoms with van der Waals surface area (Å²) in [7, 11) is 0. The van der Waals surface area contributed by atoms with Crippen molar-refractivity contribution in [2.75, 3.05) is 5.32 Å². The third kappa shape index (κ3) is 2.43. The van der Waals surface area contributed by atoms with Crippen molar-refractivity contribution in [3.8, 4) is 0 Å². The van der Waals surface area contributed by atoms with Gasteiger partial charge in [0, 0.05) is 11.4 Å². The van der Waals surface area contributed by atoms with Gasteiger partial charge in [0.25, 0.3) is 5.91 Å². The molecule has 0 unspecified atom stereocenters. The summed E-state index contributed by atoms with van der Waals surface area (Å²) in [4.78, 5) is 12.0. The SMILES string of the molecule is Cc1cc(F)c(Br)cc1NC(=O)c1cn[nH]c1C. The fourth-order valence-corrected chi connectivity index (χ4v) is 1.89. The number of aromatic amines is 1. The normalized spacial score (nSPS) is 10.4. The number of hydrogen-bond acceptors (Lipinski definition) is 2. The van der Waals surface area contributed by atoms with Gasteiger partial charge in [-0.15, -0.1) is 0 Å². The molecular formula is C12H11BrFN3O. The Balaban J connectivity index is 2.28. The summed E-state index contributed by atoms with van der Waals surface area (Å²) >= 11 is 3.09. The molecule has 2 aromatic rings. The van der Waals surface area contributed by atoms with Crippen molar-refractivity contribution in [1.82, 2.24) is 10.2 Å². The number of anilines is 1. The minimum Gasteiger partial charge on any atom is -0.322 e. The van der Waals surface area contributed by atoms with Gasteiger partial charge in [-0.25, -0.2) is 4.39 Å². The number of aromatic nitrogens is 2. The van der Waals surface area contributed by atoms with Crippen LogP contribution in [0, 0.1) is 19.7 Å². The number of carbonyl (C=O) groups excluding carboxylic acids is 1. The van der Waals surface area contributed by atoms with Gasteiger partial charge >= 0.3 is 0 Å². The van der Waals surface area contributed by atoms with E-state index in [-0.39, 0.29) is 11.7 Å². The number of carbonyl (C=O) groups is 1. The zero-order valence-electron chi connectivity index (χ0n) is 9.84. The molecule has 0 spiro atoms. The Kier molecular flexibility index (Phi) is 3.47. The highest BCUT2D eigenvalue weighted by Crippen LogP contribution is 2.24. The van der Waals surface area contributed by atoms with Crippen LogP contribution in [0.1, 0.15) is 21.6 Å². The van der Waals surface area contributed by atoms with Gasteiger partial charge in [0.2, 0.25) is 0 Å². The Labute approximate surface area is 112 Å². The van der Waals surface area contributed by atoms with Crippen LogP contribution in [0.25, 0.3) is 0 Å². The Hall–Kier alpha value is -1.69. The van der Waals surface area contributed by atoms with Crippen molar-refractivity contribution in [2.45, 2.75) is 13.8 Å². The zero-order chi connectivity index (χ0) is 13.3. The van der Waals surface area contributed by atoms with Crippen LogP contribution in [-0.4, -0.2) is 16.1 Å². The number of nitrogens with zero attached hydrogens (tertiary/aromatic N) is 1. The number of hydrogen-bond donors (Lipinski definition) is 2. The van der Waals surface area contributed by atoms with E-state index in [1.54, 1.807) is 13.8 Å². The van der Waals surface area contributed by atoms with Gasteiger partial charge in [-0.2, -0.15) is 5.10 Å². The molecule has 1 aromatic heterocycles. The van der Waals surface area contributed by atoms with Gasteiger partial charge in [-0.1, -0.05) is 0 Å². The van der Waals surface area contributed by atoms with Gasteiger partial charge < -0.3 is 5.32 Å². The van der Waals surface area contributed by atoms with E-state index in [0.29, 0.717) is 27.0 Å². The summed E-state index contributed by atoms with van der Waals surface area (Å²) in [6.45, 7) is 3.49. The van der Waals surface area contributed by atoms with E-state index in [2.05, 4.69) is 31.4 Å². The topological polar surface area (TPSA) is 57.8 Å². The van der Waals surface area contributed by atoms with Crippen molar-refractivity contribution in [2.24, 2.45) is 0 Å². The van der Waals surface area contributed by atoms with Gasteiger partial charge in [-0.3, -0.25) is 9.89 Å². The lowest BCUT2D eigenvalue weighted by Crippen LogP contribution is -2.13. The Morgan fingerprint density at radius 3 is 2.78 bits per heavy atom. The average Bonchev–Trinajstić information content (AvgIpc) is 2.72. The molecule has 0 atom stereocenters. The standard InChI is InChI=1S/C12H11BrFN3O/c1-6-3-10(14)9(13)4-11(6)16-12(18)8-5-15-17-7(8)2/h3-5H,1-2H3,(H,15,17)(H,16,18). The first kappa shape index (κ1) is 12.8. The molecule has 4 nitrogen and oxygen atoms in total. The maximum Gasteiger partial charge on any atom is 0.259 e. The first-order chi connectivity index (χ1) is 8.49. The third-order valence-electron chi connectivity index (χ3n) is 2.59. The average molecular weight is 312 g/mol. The first-order valence-electron chi connectivity index (χ1n) is 5.26. The number of H-pyrrole nitrogens is 1. The second kappa shape index (κ2) is 4.89. The van der Waals surface area contributed by atoms with E-state index in [1.165, 1.54) is 18.3 Å².